The van der Waals surface area contributed by atoms with E-state index in [9.17, 15) is 14.4 Å². The number of aromatic carboxylic acids is 1. The maximum Gasteiger partial charge on any atom is 0.342 e. The van der Waals surface area contributed by atoms with Gasteiger partial charge >= 0.3 is 11.7 Å². The van der Waals surface area contributed by atoms with E-state index in [2.05, 4.69) is 4.98 Å². The number of nitrogens with zero attached hydrogens (tertiary/aromatic N) is 1. The minimum atomic E-state index is -1.34. The van der Waals surface area contributed by atoms with Gasteiger partial charge in [0, 0.05) is 12.7 Å². The highest BCUT2D eigenvalue weighted by Crippen LogP contribution is 1.86. The Kier molecular flexibility index (Phi) is 2.85. The monoisotopic (exact) mass is 198 g/mol. The zero-order chi connectivity index (χ0) is 10.7. The molecule has 0 saturated heterocycles. The second-order valence-electron chi connectivity index (χ2n) is 2.77. The van der Waals surface area contributed by atoms with Gasteiger partial charge in [-0.25, -0.2) is 9.59 Å². The Hall–Kier alpha value is -1.85. The lowest BCUT2D eigenvalue weighted by Gasteiger charge is -2.02. The van der Waals surface area contributed by atoms with Crippen molar-refractivity contribution >= 4 is 5.97 Å². The summed E-state index contributed by atoms with van der Waals surface area (Å²) in [6.45, 7) is 2.01. The molecule has 0 aliphatic carbocycles. The second kappa shape index (κ2) is 3.91. The minimum absolute atomic E-state index is 0.218. The van der Waals surface area contributed by atoms with Crippen molar-refractivity contribution in [2.24, 2.45) is 0 Å². The molecule has 0 spiro atoms. The number of carbonyl (C=O) groups is 1. The van der Waals surface area contributed by atoms with Gasteiger partial charge in [0.15, 0.2) is 0 Å². The maximum absolute atomic E-state index is 11.4. The maximum atomic E-state index is 11.4. The van der Waals surface area contributed by atoms with E-state index in [4.69, 9.17) is 5.11 Å². The first-order valence-corrected chi connectivity index (χ1v) is 4.13. The Bertz CT molecular complexity index is 457. The molecular formula is C8H10N2O4. The lowest BCUT2D eigenvalue weighted by Crippen LogP contribution is -2.37. The zero-order valence-corrected chi connectivity index (χ0v) is 7.61. The van der Waals surface area contributed by atoms with Crippen molar-refractivity contribution in [3.05, 3.63) is 32.6 Å². The molecule has 2 N–H and O–H groups in total. The van der Waals surface area contributed by atoms with E-state index < -0.39 is 22.8 Å². The van der Waals surface area contributed by atoms with Crippen LogP contribution in [0.15, 0.2) is 15.8 Å². The Morgan fingerprint density at radius 2 is 2.21 bits per heavy atom. The number of H-pyrrole nitrogens is 1. The highest BCUT2D eigenvalue weighted by Gasteiger charge is 2.12. The molecule has 14 heavy (non-hydrogen) atoms. The van der Waals surface area contributed by atoms with Crippen molar-refractivity contribution in [3.8, 4) is 0 Å². The van der Waals surface area contributed by atoms with Gasteiger partial charge in [-0.3, -0.25) is 9.36 Å². The zero-order valence-electron chi connectivity index (χ0n) is 7.61. The van der Waals surface area contributed by atoms with Crippen LogP contribution in [0, 0.1) is 0 Å². The first kappa shape index (κ1) is 10.2. The normalized spacial score (nSPS) is 10.1. The van der Waals surface area contributed by atoms with Gasteiger partial charge in [0.2, 0.25) is 0 Å². The van der Waals surface area contributed by atoms with E-state index in [0.29, 0.717) is 6.42 Å². The van der Waals surface area contributed by atoms with Crippen molar-refractivity contribution in [1.29, 1.82) is 0 Å². The van der Waals surface area contributed by atoms with Crippen molar-refractivity contribution in [2.75, 3.05) is 0 Å². The number of aromatic amines is 1. The third kappa shape index (κ3) is 1.73. The molecule has 1 aromatic heterocycles. The molecule has 0 radical (unpaired) electrons. The molecule has 0 fully saturated rings. The van der Waals surface area contributed by atoms with Crippen LogP contribution < -0.4 is 11.2 Å². The number of hydrogen-bond acceptors (Lipinski definition) is 3. The van der Waals surface area contributed by atoms with Crippen LogP contribution in [0.1, 0.15) is 23.7 Å². The molecule has 0 amide bonds. The van der Waals surface area contributed by atoms with E-state index in [1.165, 1.54) is 0 Å². The molecule has 0 aromatic carbocycles. The minimum Gasteiger partial charge on any atom is -0.477 e. The smallest absolute Gasteiger partial charge is 0.342 e. The van der Waals surface area contributed by atoms with Gasteiger partial charge in [0.05, 0.1) is 0 Å². The quantitative estimate of drug-likeness (QED) is 0.694. The van der Waals surface area contributed by atoms with Crippen LogP contribution in [-0.4, -0.2) is 20.6 Å². The van der Waals surface area contributed by atoms with E-state index >= 15 is 0 Å². The van der Waals surface area contributed by atoms with Crippen LogP contribution >= 0.6 is 0 Å². The van der Waals surface area contributed by atoms with Crippen LogP contribution in [0.25, 0.3) is 0 Å². The number of carboxylic acids is 1. The summed E-state index contributed by atoms with van der Waals surface area (Å²) in [5.41, 5.74) is -1.76. The van der Waals surface area contributed by atoms with Gasteiger partial charge in [-0.2, -0.15) is 0 Å². The first-order chi connectivity index (χ1) is 6.57. The van der Waals surface area contributed by atoms with Gasteiger partial charge < -0.3 is 10.1 Å². The average Bonchev–Trinajstić information content (AvgIpc) is 2.11. The number of nitrogens with one attached hydrogen (secondary N) is 1. The predicted octanol–water partition coefficient (Wildman–Crippen LogP) is -0.355. The van der Waals surface area contributed by atoms with E-state index in [0.717, 1.165) is 10.8 Å². The fraction of sp³-hybridized carbons (Fsp3) is 0.375. The number of hydrogen-bond donors (Lipinski definition) is 2. The third-order valence-electron chi connectivity index (χ3n) is 1.74. The molecule has 0 saturated carbocycles. The van der Waals surface area contributed by atoms with Gasteiger partial charge in [0.1, 0.15) is 5.56 Å². The number of rotatable bonds is 3. The van der Waals surface area contributed by atoms with Crippen molar-refractivity contribution < 1.29 is 9.90 Å². The number of aromatic nitrogens is 2. The summed E-state index contributed by atoms with van der Waals surface area (Å²) in [5.74, 6) is -1.34. The fourth-order valence-corrected chi connectivity index (χ4v) is 1.09. The highest BCUT2D eigenvalue weighted by molar-refractivity contribution is 5.86. The highest BCUT2D eigenvalue weighted by atomic mass is 16.4. The molecule has 1 aromatic rings. The van der Waals surface area contributed by atoms with Crippen molar-refractivity contribution in [1.82, 2.24) is 9.55 Å². The molecule has 0 aliphatic rings. The predicted molar refractivity (Wildman–Crippen MR) is 48.6 cm³/mol. The lowest BCUT2D eigenvalue weighted by atomic mass is 10.3. The Morgan fingerprint density at radius 1 is 1.57 bits per heavy atom. The molecular weight excluding hydrogens is 188 g/mol. The molecule has 0 atom stereocenters. The largest absolute Gasteiger partial charge is 0.477 e. The van der Waals surface area contributed by atoms with Crippen LogP contribution in [0.3, 0.4) is 0 Å². The Morgan fingerprint density at radius 3 is 2.71 bits per heavy atom. The molecule has 0 unspecified atom stereocenters. The molecule has 1 heterocycles. The Balaban J connectivity index is 3.42. The number of carboxylic acid groups (broad SMARTS) is 1. The van der Waals surface area contributed by atoms with Crippen LogP contribution in [0.4, 0.5) is 0 Å². The standard InChI is InChI=1S/C8H10N2O4/c1-2-3-10-6(11)5(7(12)13)4-9-8(10)14/h4H,2-3H2,1H3,(H,9,14)(H,12,13). The molecule has 0 bridgehead atoms. The summed E-state index contributed by atoms with van der Waals surface area (Å²) < 4.78 is 0.878. The van der Waals surface area contributed by atoms with Crippen molar-refractivity contribution in [2.45, 2.75) is 19.9 Å². The third-order valence-corrected chi connectivity index (χ3v) is 1.74. The van der Waals surface area contributed by atoms with Crippen LogP contribution in [-0.2, 0) is 6.54 Å². The van der Waals surface area contributed by atoms with Gasteiger partial charge in [0.25, 0.3) is 5.56 Å². The molecule has 1 rings (SSSR count). The van der Waals surface area contributed by atoms with Gasteiger partial charge in [-0.1, -0.05) is 6.92 Å². The van der Waals surface area contributed by atoms with E-state index in [-0.39, 0.29) is 6.54 Å². The summed E-state index contributed by atoms with van der Waals surface area (Å²) >= 11 is 0. The van der Waals surface area contributed by atoms with Crippen LogP contribution in [0.5, 0.6) is 0 Å². The topological polar surface area (TPSA) is 92.2 Å². The fourth-order valence-electron chi connectivity index (χ4n) is 1.09. The summed E-state index contributed by atoms with van der Waals surface area (Å²) in [5, 5.41) is 8.61. The average molecular weight is 198 g/mol. The first-order valence-electron chi connectivity index (χ1n) is 4.13. The summed E-state index contributed by atoms with van der Waals surface area (Å²) in [6, 6.07) is 0. The second-order valence-corrected chi connectivity index (χ2v) is 2.77. The summed E-state index contributed by atoms with van der Waals surface area (Å²) in [4.78, 5) is 35.3. The van der Waals surface area contributed by atoms with Crippen LogP contribution in [0.2, 0.25) is 0 Å². The van der Waals surface area contributed by atoms with Crippen molar-refractivity contribution in [3.63, 3.8) is 0 Å². The summed E-state index contributed by atoms with van der Waals surface area (Å²) in [6.07, 6.45) is 1.51. The lowest BCUT2D eigenvalue weighted by molar-refractivity contribution is 0.0693. The van der Waals surface area contributed by atoms with Gasteiger partial charge in [-0.15, -0.1) is 0 Å². The Labute approximate surface area is 78.8 Å². The molecule has 0 aliphatic heterocycles. The molecule has 76 valence electrons. The molecule has 6 nitrogen and oxygen atoms in total. The SMILES string of the molecule is CCCn1c(=O)[nH]cc(C(=O)O)c1=O. The molecule has 6 heteroatoms. The van der Waals surface area contributed by atoms with Gasteiger partial charge in [-0.05, 0) is 6.42 Å². The summed E-state index contributed by atoms with van der Waals surface area (Å²) in [7, 11) is 0. The van der Waals surface area contributed by atoms with E-state index in [1.807, 2.05) is 0 Å². The van der Waals surface area contributed by atoms with E-state index in [1.54, 1.807) is 6.92 Å².